The van der Waals surface area contributed by atoms with Crippen LogP contribution in [0.3, 0.4) is 0 Å². The maximum Gasteiger partial charge on any atom is 0.332 e. The highest BCUT2D eigenvalue weighted by molar-refractivity contribution is 6.29. The maximum atomic E-state index is 12.5. The molecule has 0 bridgehead atoms. The lowest BCUT2D eigenvalue weighted by Crippen LogP contribution is -2.37. The lowest BCUT2D eigenvalue weighted by molar-refractivity contribution is -0.116. The Morgan fingerprint density at radius 2 is 1.88 bits per heavy atom. The summed E-state index contributed by atoms with van der Waals surface area (Å²) in [5.74, 6) is -0.351. The molecular formula is C17H18ClN5O3. The van der Waals surface area contributed by atoms with Crippen molar-refractivity contribution in [1.82, 2.24) is 18.7 Å². The minimum absolute atomic E-state index is 0.0329. The van der Waals surface area contributed by atoms with Crippen LogP contribution in [0.25, 0.3) is 11.2 Å². The monoisotopic (exact) mass is 375 g/mol. The molecule has 2 heterocycles. The molecule has 1 amide bonds. The summed E-state index contributed by atoms with van der Waals surface area (Å²) in [6.07, 6.45) is 0. The largest absolute Gasteiger partial charge is 0.332 e. The van der Waals surface area contributed by atoms with Crippen molar-refractivity contribution in [2.75, 3.05) is 5.32 Å². The number of amides is 1. The highest BCUT2D eigenvalue weighted by Gasteiger charge is 2.20. The number of aromatic nitrogens is 4. The molecule has 0 saturated carbocycles. The van der Waals surface area contributed by atoms with Crippen molar-refractivity contribution < 1.29 is 4.79 Å². The molecule has 3 rings (SSSR count). The standard InChI is InChI=1S/C17H18ClN5O3/c1-9-6-5-7-11(10(9)2)19-12(24)8-23-13-14(20-16(23)18)21(3)17(26)22(4)15(13)25/h5-7H,8H2,1-4H3,(H,19,24). The normalized spacial score (nSPS) is 11.1. The number of carbonyl (C=O) groups excluding carboxylic acids is 1. The summed E-state index contributed by atoms with van der Waals surface area (Å²) in [5, 5.41) is 2.78. The summed E-state index contributed by atoms with van der Waals surface area (Å²) in [7, 11) is 2.86. The van der Waals surface area contributed by atoms with E-state index in [1.807, 2.05) is 26.0 Å². The van der Waals surface area contributed by atoms with Crippen molar-refractivity contribution in [1.29, 1.82) is 0 Å². The van der Waals surface area contributed by atoms with Gasteiger partial charge < -0.3 is 5.32 Å². The number of imidazole rings is 1. The van der Waals surface area contributed by atoms with Crippen LogP contribution in [-0.2, 0) is 25.4 Å². The van der Waals surface area contributed by atoms with Crippen molar-refractivity contribution in [3.63, 3.8) is 0 Å². The fraction of sp³-hybridized carbons (Fsp3) is 0.294. The zero-order chi connectivity index (χ0) is 19.2. The van der Waals surface area contributed by atoms with Crippen LogP contribution in [0.2, 0.25) is 5.28 Å². The van der Waals surface area contributed by atoms with E-state index in [0.717, 1.165) is 15.7 Å². The van der Waals surface area contributed by atoms with Gasteiger partial charge in [0, 0.05) is 19.8 Å². The van der Waals surface area contributed by atoms with Crippen LogP contribution in [-0.4, -0.2) is 24.6 Å². The molecule has 0 saturated heterocycles. The van der Waals surface area contributed by atoms with E-state index < -0.39 is 11.2 Å². The molecule has 26 heavy (non-hydrogen) atoms. The van der Waals surface area contributed by atoms with E-state index in [4.69, 9.17) is 11.6 Å². The van der Waals surface area contributed by atoms with Crippen molar-refractivity contribution >= 4 is 34.4 Å². The Morgan fingerprint density at radius 1 is 1.19 bits per heavy atom. The van der Waals surface area contributed by atoms with Gasteiger partial charge in [0.05, 0.1) is 0 Å². The van der Waals surface area contributed by atoms with E-state index in [9.17, 15) is 14.4 Å². The Balaban J connectivity index is 2.03. The summed E-state index contributed by atoms with van der Waals surface area (Å²) in [4.78, 5) is 41.0. The molecule has 8 nitrogen and oxygen atoms in total. The van der Waals surface area contributed by atoms with Crippen LogP contribution in [0.15, 0.2) is 27.8 Å². The average molecular weight is 376 g/mol. The van der Waals surface area contributed by atoms with Gasteiger partial charge in [-0.3, -0.25) is 23.3 Å². The highest BCUT2D eigenvalue weighted by Crippen LogP contribution is 2.19. The van der Waals surface area contributed by atoms with Gasteiger partial charge >= 0.3 is 5.69 Å². The molecule has 3 aromatic rings. The van der Waals surface area contributed by atoms with E-state index >= 15 is 0 Å². The molecule has 1 aromatic carbocycles. The summed E-state index contributed by atoms with van der Waals surface area (Å²) >= 11 is 6.13. The number of nitrogens with zero attached hydrogens (tertiary/aromatic N) is 4. The van der Waals surface area contributed by atoms with Gasteiger partial charge in [0.1, 0.15) is 6.54 Å². The van der Waals surface area contributed by atoms with Crippen molar-refractivity contribution in [3.05, 3.63) is 55.4 Å². The molecule has 0 unspecified atom stereocenters. The average Bonchev–Trinajstić information content (AvgIpc) is 2.92. The van der Waals surface area contributed by atoms with Crippen LogP contribution in [0.1, 0.15) is 11.1 Å². The Labute approximate surface area is 153 Å². The van der Waals surface area contributed by atoms with Gasteiger partial charge in [0.25, 0.3) is 5.56 Å². The number of halogens is 1. The second kappa shape index (κ2) is 6.45. The van der Waals surface area contributed by atoms with Crippen LogP contribution < -0.4 is 16.6 Å². The fourth-order valence-electron chi connectivity index (χ4n) is 2.78. The number of carbonyl (C=O) groups is 1. The third-order valence-electron chi connectivity index (χ3n) is 4.48. The topological polar surface area (TPSA) is 90.9 Å². The van der Waals surface area contributed by atoms with E-state index in [0.29, 0.717) is 5.69 Å². The molecule has 2 aromatic heterocycles. The van der Waals surface area contributed by atoms with E-state index in [-0.39, 0.29) is 28.9 Å². The first-order chi connectivity index (χ1) is 12.2. The van der Waals surface area contributed by atoms with Gasteiger partial charge in [-0.2, -0.15) is 4.98 Å². The van der Waals surface area contributed by atoms with Gasteiger partial charge in [0.2, 0.25) is 11.2 Å². The number of rotatable bonds is 3. The summed E-state index contributed by atoms with van der Waals surface area (Å²) in [5.41, 5.74) is 1.89. The quantitative estimate of drug-likeness (QED) is 0.699. The van der Waals surface area contributed by atoms with Crippen LogP contribution >= 0.6 is 11.6 Å². The minimum Gasteiger partial charge on any atom is -0.324 e. The van der Waals surface area contributed by atoms with E-state index in [1.54, 1.807) is 6.07 Å². The predicted molar refractivity (Wildman–Crippen MR) is 99.8 cm³/mol. The number of fused-ring (bicyclic) bond motifs is 1. The van der Waals surface area contributed by atoms with Crippen LogP contribution in [0, 0.1) is 13.8 Å². The first-order valence-electron chi connectivity index (χ1n) is 7.90. The SMILES string of the molecule is Cc1cccc(NC(=O)Cn2c(Cl)nc3c2c(=O)n(C)c(=O)n3C)c1C. The zero-order valence-corrected chi connectivity index (χ0v) is 15.6. The molecule has 9 heteroatoms. The predicted octanol–water partition coefficient (Wildman–Crippen LogP) is 1.34. The van der Waals surface area contributed by atoms with Crippen molar-refractivity contribution in [2.24, 2.45) is 14.1 Å². The Morgan fingerprint density at radius 3 is 2.58 bits per heavy atom. The van der Waals surface area contributed by atoms with Gasteiger partial charge in [-0.05, 0) is 42.6 Å². The first-order valence-corrected chi connectivity index (χ1v) is 8.28. The van der Waals surface area contributed by atoms with Crippen molar-refractivity contribution in [2.45, 2.75) is 20.4 Å². The lowest BCUT2D eigenvalue weighted by Gasteiger charge is -2.11. The number of nitrogens with one attached hydrogen (secondary N) is 1. The number of hydrogen-bond donors (Lipinski definition) is 1. The molecule has 136 valence electrons. The van der Waals surface area contributed by atoms with Gasteiger partial charge in [-0.1, -0.05) is 12.1 Å². The Hall–Kier alpha value is -2.87. The van der Waals surface area contributed by atoms with Crippen LogP contribution in [0.5, 0.6) is 0 Å². The second-order valence-electron chi connectivity index (χ2n) is 6.14. The molecule has 0 aliphatic heterocycles. The van der Waals surface area contributed by atoms with E-state index in [1.165, 1.54) is 23.2 Å². The number of aryl methyl sites for hydroxylation is 2. The molecule has 1 N–H and O–H groups in total. The number of anilines is 1. The smallest absolute Gasteiger partial charge is 0.324 e. The summed E-state index contributed by atoms with van der Waals surface area (Å²) < 4.78 is 3.49. The third-order valence-corrected chi connectivity index (χ3v) is 4.77. The minimum atomic E-state index is -0.554. The van der Waals surface area contributed by atoms with E-state index in [2.05, 4.69) is 10.3 Å². The molecular weight excluding hydrogens is 358 g/mol. The molecule has 0 fully saturated rings. The van der Waals surface area contributed by atoms with Crippen molar-refractivity contribution in [3.8, 4) is 0 Å². The van der Waals surface area contributed by atoms with Gasteiger partial charge in [0.15, 0.2) is 11.2 Å². The molecule has 0 atom stereocenters. The fourth-order valence-corrected chi connectivity index (χ4v) is 3.01. The van der Waals surface area contributed by atoms with Gasteiger partial charge in [-0.15, -0.1) is 0 Å². The second-order valence-corrected chi connectivity index (χ2v) is 6.48. The molecule has 0 aliphatic carbocycles. The zero-order valence-electron chi connectivity index (χ0n) is 14.8. The summed E-state index contributed by atoms with van der Waals surface area (Å²) in [6.45, 7) is 3.67. The maximum absolute atomic E-state index is 12.5. The molecule has 0 aliphatic rings. The molecule has 0 spiro atoms. The third kappa shape index (κ3) is 2.82. The highest BCUT2D eigenvalue weighted by atomic mass is 35.5. The lowest BCUT2D eigenvalue weighted by atomic mass is 10.1. The number of hydrogen-bond acceptors (Lipinski definition) is 4. The van der Waals surface area contributed by atoms with Crippen LogP contribution in [0.4, 0.5) is 5.69 Å². The molecule has 0 radical (unpaired) electrons. The Kier molecular flexibility index (Phi) is 4.45. The first kappa shape index (κ1) is 17.9. The van der Waals surface area contributed by atoms with Gasteiger partial charge in [-0.25, -0.2) is 4.79 Å². The Bertz CT molecular complexity index is 1160. The summed E-state index contributed by atoms with van der Waals surface area (Å²) in [6, 6.07) is 5.61. The number of benzene rings is 1.